The van der Waals surface area contributed by atoms with Crippen LogP contribution in [0.3, 0.4) is 0 Å². The highest BCUT2D eigenvalue weighted by Gasteiger charge is 2.03. The van der Waals surface area contributed by atoms with Crippen LogP contribution in [0.15, 0.2) is 6.33 Å². The van der Waals surface area contributed by atoms with Gasteiger partial charge < -0.3 is 4.79 Å². The Morgan fingerprint density at radius 2 is 2.50 bits per heavy atom. The van der Waals surface area contributed by atoms with Gasteiger partial charge in [-0.25, -0.2) is 4.98 Å². The summed E-state index contributed by atoms with van der Waals surface area (Å²) in [5.74, 6) is 1.05. The molecule has 0 saturated carbocycles. The van der Waals surface area contributed by atoms with Gasteiger partial charge in [0.25, 0.3) is 0 Å². The molecular weight excluding hydrogens is 154 g/mol. The van der Waals surface area contributed by atoms with Gasteiger partial charge in [-0.1, -0.05) is 6.92 Å². The molecule has 0 bridgehead atoms. The summed E-state index contributed by atoms with van der Waals surface area (Å²) in [5, 5.41) is 3.94. The predicted molar refractivity (Wildman–Crippen MR) is 44.6 cm³/mol. The third-order valence-electron chi connectivity index (χ3n) is 1.86. The van der Waals surface area contributed by atoms with Gasteiger partial charge in [-0.3, -0.25) is 4.68 Å². The molecule has 4 nitrogen and oxygen atoms in total. The van der Waals surface area contributed by atoms with E-state index < -0.39 is 0 Å². The Balaban J connectivity index is 2.43. The van der Waals surface area contributed by atoms with Crippen molar-refractivity contribution in [2.45, 2.75) is 19.8 Å². The number of aryl methyl sites for hydroxylation is 2. The summed E-state index contributed by atoms with van der Waals surface area (Å²) >= 11 is 0. The van der Waals surface area contributed by atoms with E-state index in [4.69, 9.17) is 0 Å². The van der Waals surface area contributed by atoms with E-state index in [1.807, 2.05) is 14.0 Å². The standard InChI is InChI=1S/C8H13N3O/c1-7(5-12)3-4-8-9-6-10-11(8)2/h5-7H,3-4H2,1-2H3. The molecule has 1 aromatic rings. The third-order valence-corrected chi connectivity index (χ3v) is 1.86. The molecule has 0 radical (unpaired) electrons. The van der Waals surface area contributed by atoms with E-state index in [9.17, 15) is 4.79 Å². The molecule has 1 rings (SSSR count). The van der Waals surface area contributed by atoms with Gasteiger partial charge in [0.1, 0.15) is 18.4 Å². The van der Waals surface area contributed by atoms with Crippen molar-refractivity contribution in [3.63, 3.8) is 0 Å². The van der Waals surface area contributed by atoms with Crippen molar-refractivity contribution in [3.8, 4) is 0 Å². The zero-order valence-electron chi connectivity index (χ0n) is 7.40. The van der Waals surface area contributed by atoms with Gasteiger partial charge in [-0.05, 0) is 6.42 Å². The highest BCUT2D eigenvalue weighted by molar-refractivity contribution is 5.52. The van der Waals surface area contributed by atoms with Crippen LogP contribution < -0.4 is 0 Å². The van der Waals surface area contributed by atoms with Crippen LogP contribution in [0.2, 0.25) is 0 Å². The second-order valence-corrected chi connectivity index (χ2v) is 2.95. The first-order chi connectivity index (χ1) is 5.74. The molecule has 0 aliphatic rings. The van der Waals surface area contributed by atoms with E-state index >= 15 is 0 Å². The van der Waals surface area contributed by atoms with Gasteiger partial charge in [0.05, 0.1) is 0 Å². The summed E-state index contributed by atoms with van der Waals surface area (Å²) in [6, 6.07) is 0. The lowest BCUT2D eigenvalue weighted by Gasteiger charge is -2.01. The summed E-state index contributed by atoms with van der Waals surface area (Å²) in [6.07, 6.45) is 4.16. The van der Waals surface area contributed by atoms with E-state index in [-0.39, 0.29) is 5.92 Å². The third kappa shape index (κ3) is 2.15. The number of nitrogens with zero attached hydrogens (tertiary/aromatic N) is 3. The van der Waals surface area contributed by atoms with Gasteiger partial charge in [-0.15, -0.1) is 0 Å². The van der Waals surface area contributed by atoms with Crippen molar-refractivity contribution in [3.05, 3.63) is 12.2 Å². The lowest BCUT2D eigenvalue weighted by atomic mass is 10.1. The van der Waals surface area contributed by atoms with Crippen LogP contribution in [-0.4, -0.2) is 21.1 Å². The van der Waals surface area contributed by atoms with Crippen LogP contribution >= 0.6 is 0 Å². The zero-order chi connectivity index (χ0) is 8.97. The summed E-state index contributed by atoms with van der Waals surface area (Å²) in [5.41, 5.74) is 0. The van der Waals surface area contributed by atoms with Gasteiger partial charge in [0.15, 0.2) is 0 Å². The van der Waals surface area contributed by atoms with Crippen molar-refractivity contribution < 1.29 is 4.79 Å². The maximum atomic E-state index is 10.3. The summed E-state index contributed by atoms with van der Waals surface area (Å²) < 4.78 is 1.73. The van der Waals surface area contributed by atoms with E-state index in [2.05, 4.69) is 10.1 Å². The van der Waals surface area contributed by atoms with Gasteiger partial charge in [0.2, 0.25) is 0 Å². The van der Waals surface area contributed by atoms with Crippen LogP contribution in [0.5, 0.6) is 0 Å². The molecule has 1 unspecified atom stereocenters. The normalized spacial score (nSPS) is 12.8. The van der Waals surface area contributed by atoms with Crippen molar-refractivity contribution in [2.75, 3.05) is 0 Å². The second kappa shape index (κ2) is 3.99. The number of aromatic nitrogens is 3. The molecule has 4 heteroatoms. The Labute approximate surface area is 71.6 Å². The van der Waals surface area contributed by atoms with Crippen molar-refractivity contribution in [1.82, 2.24) is 14.8 Å². The minimum Gasteiger partial charge on any atom is -0.303 e. The molecule has 1 heterocycles. The van der Waals surface area contributed by atoms with Crippen molar-refractivity contribution >= 4 is 6.29 Å². The zero-order valence-corrected chi connectivity index (χ0v) is 7.40. The number of rotatable bonds is 4. The molecule has 1 atom stereocenters. The second-order valence-electron chi connectivity index (χ2n) is 2.95. The smallest absolute Gasteiger partial charge is 0.138 e. The Kier molecular flexibility index (Phi) is 2.96. The fourth-order valence-corrected chi connectivity index (χ4v) is 0.971. The number of aldehydes is 1. The molecule has 0 aromatic carbocycles. The number of carbonyl (C=O) groups excluding carboxylic acids is 1. The molecule has 0 amide bonds. The van der Waals surface area contributed by atoms with Crippen LogP contribution in [0, 0.1) is 5.92 Å². The van der Waals surface area contributed by atoms with Gasteiger partial charge >= 0.3 is 0 Å². The van der Waals surface area contributed by atoms with Gasteiger partial charge in [0, 0.05) is 19.4 Å². The predicted octanol–water partition coefficient (Wildman–Crippen LogP) is 0.583. The first-order valence-electron chi connectivity index (χ1n) is 4.02. The lowest BCUT2D eigenvalue weighted by Crippen LogP contribution is -2.04. The largest absolute Gasteiger partial charge is 0.303 e. The highest BCUT2D eigenvalue weighted by Crippen LogP contribution is 2.03. The van der Waals surface area contributed by atoms with E-state index in [1.54, 1.807) is 4.68 Å². The molecular formula is C8H13N3O. The molecule has 1 aromatic heterocycles. The summed E-state index contributed by atoms with van der Waals surface area (Å²) in [7, 11) is 1.86. The fourth-order valence-electron chi connectivity index (χ4n) is 0.971. The SMILES string of the molecule is CC(C=O)CCc1ncnn1C. The van der Waals surface area contributed by atoms with Crippen LogP contribution in [-0.2, 0) is 18.3 Å². The summed E-state index contributed by atoms with van der Waals surface area (Å²) in [6.45, 7) is 1.91. The van der Waals surface area contributed by atoms with Gasteiger partial charge in [-0.2, -0.15) is 5.10 Å². The fraction of sp³-hybridized carbons (Fsp3) is 0.625. The monoisotopic (exact) mass is 167 g/mol. The lowest BCUT2D eigenvalue weighted by molar-refractivity contribution is -0.110. The molecule has 0 aliphatic heterocycles. The molecule has 66 valence electrons. The van der Waals surface area contributed by atoms with Crippen molar-refractivity contribution in [1.29, 1.82) is 0 Å². The quantitative estimate of drug-likeness (QED) is 0.616. The average Bonchev–Trinajstić information content (AvgIpc) is 2.47. The minimum atomic E-state index is 0.113. The Morgan fingerprint density at radius 3 is 3.00 bits per heavy atom. The maximum Gasteiger partial charge on any atom is 0.138 e. The highest BCUT2D eigenvalue weighted by atomic mass is 16.1. The van der Waals surface area contributed by atoms with Crippen LogP contribution in [0.1, 0.15) is 19.2 Å². The Morgan fingerprint density at radius 1 is 1.75 bits per heavy atom. The molecule has 0 N–H and O–H groups in total. The number of hydrogen-bond donors (Lipinski definition) is 0. The Bertz CT molecular complexity index is 257. The van der Waals surface area contributed by atoms with Crippen LogP contribution in [0.4, 0.5) is 0 Å². The summed E-state index contributed by atoms with van der Waals surface area (Å²) in [4.78, 5) is 14.4. The van der Waals surface area contributed by atoms with E-state index in [1.165, 1.54) is 6.33 Å². The molecule has 12 heavy (non-hydrogen) atoms. The van der Waals surface area contributed by atoms with Crippen molar-refractivity contribution in [2.24, 2.45) is 13.0 Å². The average molecular weight is 167 g/mol. The number of carbonyl (C=O) groups is 1. The molecule has 0 spiro atoms. The molecule has 0 saturated heterocycles. The molecule has 0 aliphatic carbocycles. The number of hydrogen-bond acceptors (Lipinski definition) is 3. The topological polar surface area (TPSA) is 47.8 Å². The van der Waals surface area contributed by atoms with Crippen LogP contribution in [0.25, 0.3) is 0 Å². The Hall–Kier alpha value is -1.19. The first kappa shape index (κ1) is 8.90. The first-order valence-corrected chi connectivity index (χ1v) is 4.02. The molecule has 0 fully saturated rings. The van der Waals surface area contributed by atoms with E-state index in [0.29, 0.717) is 0 Å². The minimum absolute atomic E-state index is 0.113. The van der Waals surface area contributed by atoms with E-state index in [0.717, 1.165) is 25.0 Å². The maximum absolute atomic E-state index is 10.3.